The Balaban J connectivity index is 1.86. The highest BCUT2D eigenvalue weighted by Crippen LogP contribution is 2.10. The van der Waals surface area contributed by atoms with Gasteiger partial charge >= 0.3 is 5.17 Å². The molecule has 0 aromatic heterocycles. The number of nitrogens with zero attached hydrogens (tertiary/aromatic N) is 1. The molecule has 0 amide bonds. The van der Waals surface area contributed by atoms with Crippen LogP contribution in [0.4, 0.5) is 5.69 Å². The van der Waals surface area contributed by atoms with E-state index in [1.807, 2.05) is 42.5 Å². The fourth-order valence-corrected chi connectivity index (χ4v) is 2.81. The Kier molecular flexibility index (Phi) is 5.70. The van der Waals surface area contributed by atoms with E-state index < -0.39 is 0 Å². The molecule has 0 saturated carbocycles. The molecule has 0 aliphatic heterocycles. The normalized spacial score (nSPS) is 10.2. The van der Waals surface area contributed by atoms with Gasteiger partial charge in [0.15, 0.2) is 0 Å². The summed E-state index contributed by atoms with van der Waals surface area (Å²) >= 11 is 4.73. The van der Waals surface area contributed by atoms with Gasteiger partial charge in [-0.3, -0.25) is 0 Å². The van der Waals surface area contributed by atoms with Gasteiger partial charge in [0.25, 0.3) is 0 Å². The predicted octanol–water partition coefficient (Wildman–Crippen LogP) is 4.80. The fraction of sp³-hybridized carbons (Fsp3) is 0.0952. The Bertz CT molecular complexity index is 740. The Labute approximate surface area is 148 Å². The zero-order valence-corrected chi connectivity index (χ0v) is 14.4. The third-order valence-electron chi connectivity index (χ3n) is 3.76. The summed E-state index contributed by atoms with van der Waals surface area (Å²) in [5.41, 5.74) is 3.55. The standard InChI is InChI=1S/C21H20N2S/c24-21(22-20-14-8-3-9-15-20)23(16-18-10-4-1-5-11-18)17-19-12-6-2-7-13-19/h1-15H,16-17H2,(H,22,24)/p+1. The topological polar surface area (TPSA) is 15.0 Å². The van der Waals surface area contributed by atoms with Gasteiger partial charge in [0.1, 0.15) is 18.8 Å². The van der Waals surface area contributed by atoms with Crippen molar-refractivity contribution >= 4 is 23.5 Å². The first kappa shape index (κ1) is 16.3. The SMILES string of the molecule is SC(Nc1ccccc1)=[N+](Cc1ccccc1)Cc1ccccc1. The number of hydrogen-bond donors (Lipinski definition) is 2. The Morgan fingerprint density at radius 3 is 1.54 bits per heavy atom. The molecule has 0 spiro atoms. The monoisotopic (exact) mass is 333 g/mol. The van der Waals surface area contributed by atoms with Gasteiger partial charge < -0.3 is 0 Å². The fourth-order valence-electron chi connectivity index (χ4n) is 2.54. The van der Waals surface area contributed by atoms with Gasteiger partial charge in [-0.2, -0.15) is 0 Å². The van der Waals surface area contributed by atoms with Crippen LogP contribution in [0.3, 0.4) is 0 Å². The second-order valence-corrected chi connectivity index (χ2v) is 6.07. The molecule has 24 heavy (non-hydrogen) atoms. The molecule has 0 unspecified atom stereocenters. The molecular formula is C21H21N2S+. The molecule has 1 N–H and O–H groups in total. The van der Waals surface area contributed by atoms with Crippen molar-refractivity contribution in [3.05, 3.63) is 102 Å². The number of amidine groups is 1. The predicted molar refractivity (Wildman–Crippen MR) is 105 cm³/mol. The number of rotatable bonds is 5. The number of benzene rings is 3. The molecule has 3 aromatic rings. The maximum Gasteiger partial charge on any atom is 0.308 e. The van der Waals surface area contributed by atoms with Crippen LogP contribution in [0, 0.1) is 0 Å². The molecule has 0 aliphatic carbocycles. The molecule has 3 heteroatoms. The molecular weight excluding hydrogens is 312 g/mol. The van der Waals surface area contributed by atoms with E-state index in [0.717, 1.165) is 23.9 Å². The molecule has 0 bridgehead atoms. The number of hydrogen-bond acceptors (Lipinski definition) is 0. The van der Waals surface area contributed by atoms with E-state index in [4.69, 9.17) is 12.6 Å². The molecule has 3 aromatic carbocycles. The van der Waals surface area contributed by atoms with E-state index in [0.29, 0.717) is 0 Å². The summed E-state index contributed by atoms with van der Waals surface area (Å²) in [5, 5.41) is 4.23. The minimum absolute atomic E-state index is 0.800. The van der Waals surface area contributed by atoms with Gasteiger partial charge in [-0.1, -0.05) is 91.5 Å². The zero-order chi connectivity index (χ0) is 16.6. The van der Waals surface area contributed by atoms with Crippen molar-refractivity contribution in [1.82, 2.24) is 0 Å². The number of anilines is 1. The van der Waals surface area contributed by atoms with Crippen LogP contribution in [0.2, 0.25) is 0 Å². The lowest BCUT2D eigenvalue weighted by Gasteiger charge is -2.11. The average Bonchev–Trinajstić information content (AvgIpc) is 2.64. The average molecular weight is 333 g/mol. The van der Waals surface area contributed by atoms with Crippen LogP contribution >= 0.6 is 12.6 Å². The van der Waals surface area contributed by atoms with Crippen LogP contribution in [0.1, 0.15) is 11.1 Å². The summed E-state index contributed by atoms with van der Waals surface area (Å²) in [5.74, 6) is 0. The van der Waals surface area contributed by atoms with E-state index in [1.54, 1.807) is 0 Å². The van der Waals surface area contributed by atoms with Gasteiger partial charge in [0, 0.05) is 0 Å². The summed E-state index contributed by atoms with van der Waals surface area (Å²) < 4.78 is 2.24. The first-order valence-corrected chi connectivity index (χ1v) is 8.47. The quantitative estimate of drug-likeness (QED) is 0.296. The first-order chi connectivity index (χ1) is 11.8. The lowest BCUT2D eigenvalue weighted by molar-refractivity contribution is -0.557. The molecule has 120 valence electrons. The van der Waals surface area contributed by atoms with Crippen molar-refractivity contribution < 1.29 is 4.58 Å². The third kappa shape index (κ3) is 4.74. The number of nitrogens with one attached hydrogen (secondary N) is 1. The molecule has 2 nitrogen and oxygen atoms in total. The largest absolute Gasteiger partial charge is 0.308 e. The van der Waals surface area contributed by atoms with Crippen LogP contribution in [-0.2, 0) is 13.1 Å². The van der Waals surface area contributed by atoms with Gasteiger partial charge in [0.2, 0.25) is 0 Å². The third-order valence-corrected chi connectivity index (χ3v) is 4.16. The number of para-hydroxylation sites is 1. The summed E-state index contributed by atoms with van der Waals surface area (Å²) in [7, 11) is 0. The van der Waals surface area contributed by atoms with Gasteiger partial charge in [-0.05, 0) is 23.3 Å². The molecule has 0 heterocycles. The van der Waals surface area contributed by atoms with Crippen LogP contribution in [0.5, 0.6) is 0 Å². The van der Waals surface area contributed by atoms with E-state index in [9.17, 15) is 0 Å². The van der Waals surface area contributed by atoms with Crippen molar-refractivity contribution in [2.24, 2.45) is 0 Å². The lowest BCUT2D eigenvalue weighted by atomic mass is 10.2. The molecule has 0 radical (unpaired) electrons. The van der Waals surface area contributed by atoms with E-state index in [-0.39, 0.29) is 0 Å². The zero-order valence-electron chi connectivity index (χ0n) is 13.5. The van der Waals surface area contributed by atoms with E-state index >= 15 is 0 Å². The van der Waals surface area contributed by atoms with Crippen LogP contribution in [-0.4, -0.2) is 9.74 Å². The highest BCUT2D eigenvalue weighted by molar-refractivity contribution is 7.97. The Morgan fingerprint density at radius 1 is 0.667 bits per heavy atom. The van der Waals surface area contributed by atoms with Crippen molar-refractivity contribution in [3.8, 4) is 0 Å². The maximum absolute atomic E-state index is 4.73. The summed E-state index contributed by atoms with van der Waals surface area (Å²) in [6.07, 6.45) is 0. The minimum atomic E-state index is 0.800. The van der Waals surface area contributed by atoms with Crippen molar-refractivity contribution in [3.63, 3.8) is 0 Å². The second-order valence-electron chi connectivity index (χ2n) is 5.64. The lowest BCUT2D eigenvalue weighted by Crippen LogP contribution is -2.23. The minimum Gasteiger partial charge on any atom is -0.248 e. The highest BCUT2D eigenvalue weighted by Gasteiger charge is 2.12. The van der Waals surface area contributed by atoms with Gasteiger partial charge in [-0.15, -0.1) is 0 Å². The molecule has 0 saturated heterocycles. The van der Waals surface area contributed by atoms with Crippen LogP contribution in [0.15, 0.2) is 91.0 Å². The van der Waals surface area contributed by atoms with Crippen LogP contribution < -0.4 is 5.32 Å². The molecule has 3 rings (SSSR count). The van der Waals surface area contributed by atoms with Crippen molar-refractivity contribution in [2.75, 3.05) is 5.32 Å². The smallest absolute Gasteiger partial charge is 0.248 e. The summed E-state index contributed by atoms with van der Waals surface area (Å²) in [4.78, 5) is 0. The Hall–Kier alpha value is -2.52. The van der Waals surface area contributed by atoms with E-state index in [1.165, 1.54) is 11.1 Å². The first-order valence-electron chi connectivity index (χ1n) is 8.02. The highest BCUT2D eigenvalue weighted by atomic mass is 32.1. The summed E-state index contributed by atoms with van der Waals surface area (Å²) in [6.45, 7) is 1.60. The second kappa shape index (κ2) is 8.37. The molecule has 0 aliphatic rings. The van der Waals surface area contributed by atoms with Crippen molar-refractivity contribution in [1.29, 1.82) is 0 Å². The molecule has 0 atom stereocenters. The van der Waals surface area contributed by atoms with Gasteiger partial charge in [0.05, 0.1) is 0 Å². The molecule has 0 fully saturated rings. The van der Waals surface area contributed by atoms with E-state index in [2.05, 4.69) is 58.4 Å². The van der Waals surface area contributed by atoms with Crippen LogP contribution in [0.25, 0.3) is 0 Å². The Morgan fingerprint density at radius 2 is 1.08 bits per heavy atom. The summed E-state index contributed by atoms with van der Waals surface area (Å²) in [6, 6.07) is 31.0. The maximum atomic E-state index is 4.73. The van der Waals surface area contributed by atoms with Crippen molar-refractivity contribution in [2.45, 2.75) is 13.1 Å². The number of thiol groups is 1. The van der Waals surface area contributed by atoms with Gasteiger partial charge in [-0.25, -0.2) is 9.89 Å².